The largest absolute Gasteiger partial charge is 0.480 e. The summed E-state index contributed by atoms with van der Waals surface area (Å²) in [5.74, 6) is -0.879. The lowest BCUT2D eigenvalue weighted by molar-refractivity contribution is -0.138. The van der Waals surface area contributed by atoms with E-state index in [4.69, 9.17) is 16.2 Å². The minimum absolute atomic E-state index is 0. The smallest absolute Gasteiger partial charge is 0.320 e. The lowest BCUT2D eigenvalue weighted by Crippen LogP contribution is -2.42. The molecule has 1 aliphatic rings. The van der Waals surface area contributed by atoms with Gasteiger partial charge in [0.2, 0.25) is 0 Å². The molecule has 13 heteroatoms. The number of aliphatic hydroxyl groups excluding tert-OH is 2. The van der Waals surface area contributed by atoms with Crippen molar-refractivity contribution in [3.63, 3.8) is 0 Å². The average Bonchev–Trinajstić information content (AvgIpc) is 3.44. The molecule has 4 aromatic rings. The summed E-state index contributed by atoms with van der Waals surface area (Å²) in [6.45, 7) is 1.06. The Morgan fingerprint density at radius 1 is 1.11 bits per heavy atom. The fraction of sp³-hybridized carbons (Fsp3) is 0.360. The second-order valence-corrected chi connectivity index (χ2v) is 9.28. The third-order valence-corrected chi connectivity index (χ3v) is 6.73. The van der Waals surface area contributed by atoms with Gasteiger partial charge in [-0.2, -0.15) is 0 Å². The molecule has 12 nitrogen and oxygen atoms in total. The third-order valence-electron chi connectivity index (χ3n) is 6.73. The van der Waals surface area contributed by atoms with Crippen molar-refractivity contribution in [1.82, 2.24) is 24.4 Å². The van der Waals surface area contributed by atoms with Crippen LogP contribution in [0.25, 0.3) is 21.9 Å². The Labute approximate surface area is 224 Å². The lowest BCUT2D eigenvalue weighted by atomic mass is 10.1. The van der Waals surface area contributed by atoms with Gasteiger partial charge in [-0.3, -0.25) is 14.3 Å². The Balaban J connectivity index is 0.00000336. The number of carbonyl (C=O) groups is 1. The zero-order valence-electron chi connectivity index (χ0n) is 20.4. The highest BCUT2D eigenvalue weighted by Crippen LogP contribution is 2.32. The standard InChI is InChI=1S/C25H29N7O5.ClH/c26-17(25(35)36)7-8-31(10-14-5-6-15-3-1-2-4-16(15)9-14)11-18-20(33)21(34)24(37-18)32-13-30-19-22(27)28-12-29-23(19)32;/h1-6,9,12-13,17-18,20-21,24,33-34H,7-8,10-11,26H2,(H,35,36)(H2,27,28,29);1H/t17-,18+,20+,21+,24+;/m0./s1. The van der Waals surface area contributed by atoms with Gasteiger partial charge in [0.1, 0.15) is 36.2 Å². The van der Waals surface area contributed by atoms with Crippen LogP contribution in [0.3, 0.4) is 0 Å². The number of halogens is 1. The number of aliphatic carboxylic acids is 1. The Kier molecular flexibility index (Phi) is 8.41. The van der Waals surface area contributed by atoms with Crippen LogP contribution in [0.4, 0.5) is 5.82 Å². The van der Waals surface area contributed by atoms with E-state index >= 15 is 0 Å². The zero-order valence-corrected chi connectivity index (χ0v) is 21.2. The van der Waals surface area contributed by atoms with Gasteiger partial charge in [-0.05, 0) is 28.8 Å². The topological polar surface area (TPSA) is 186 Å². The van der Waals surface area contributed by atoms with Crippen LogP contribution in [0.1, 0.15) is 18.2 Å². The van der Waals surface area contributed by atoms with E-state index in [1.54, 1.807) is 0 Å². The van der Waals surface area contributed by atoms with Crippen LogP contribution in [-0.2, 0) is 16.1 Å². The fourth-order valence-corrected chi connectivity index (χ4v) is 4.70. The molecule has 1 saturated heterocycles. The Morgan fingerprint density at radius 2 is 1.87 bits per heavy atom. The van der Waals surface area contributed by atoms with Crippen LogP contribution < -0.4 is 11.5 Å². The second kappa shape index (κ2) is 11.6. The summed E-state index contributed by atoms with van der Waals surface area (Å²) in [7, 11) is 0. The maximum Gasteiger partial charge on any atom is 0.320 e. The van der Waals surface area contributed by atoms with E-state index in [2.05, 4.69) is 21.0 Å². The number of anilines is 1. The van der Waals surface area contributed by atoms with E-state index < -0.39 is 36.6 Å². The van der Waals surface area contributed by atoms with Crippen LogP contribution in [-0.4, -0.2) is 83.2 Å². The number of fused-ring (bicyclic) bond motifs is 2. The first-order valence-electron chi connectivity index (χ1n) is 11.9. The Bertz CT molecular complexity index is 1420. The van der Waals surface area contributed by atoms with Gasteiger partial charge in [-0.15, -0.1) is 12.4 Å². The number of imidazole rings is 1. The molecular weight excluding hydrogens is 514 g/mol. The highest BCUT2D eigenvalue weighted by molar-refractivity contribution is 5.85. The molecule has 0 saturated carbocycles. The normalized spacial score (nSPS) is 22.1. The lowest BCUT2D eigenvalue weighted by Gasteiger charge is -2.27. The highest BCUT2D eigenvalue weighted by Gasteiger charge is 2.45. The number of nitrogens with zero attached hydrogens (tertiary/aromatic N) is 5. The molecule has 202 valence electrons. The molecule has 2 aromatic carbocycles. The Hall–Kier alpha value is -3.39. The highest BCUT2D eigenvalue weighted by atomic mass is 35.5. The van der Waals surface area contributed by atoms with Gasteiger partial charge in [0.25, 0.3) is 0 Å². The molecule has 0 aliphatic carbocycles. The first-order chi connectivity index (χ1) is 17.8. The molecule has 3 heterocycles. The van der Waals surface area contributed by atoms with E-state index in [-0.39, 0.29) is 31.2 Å². The van der Waals surface area contributed by atoms with E-state index in [0.717, 1.165) is 16.3 Å². The molecule has 0 amide bonds. The maximum atomic E-state index is 11.3. The van der Waals surface area contributed by atoms with Crippen LogP contribution in [0, 0.1) is 0 Å². The number of aliphatic hydroxyl groups is 2. The van der Waals surface area contributed by atoms with Gasteiger partial charge >= 0.3 is 5.97 Å². The number of benzene rings is 2. The molecule has 0 unspecified atom stereocenters. The van der Waals surface area contributed by atoms with Gasteiger partial charge in [0.15, 0.2) is 17.7 Å². The van der Waals surface area contributed by atoms with Crippen molar-refractivity contribution < 1.29 is 24.9 Å². The summed E-state index contributed by atoms with van der Waals surface area (Å²) in [5, 5.41) is 33.1. The summed E-state index contributed by atoms with van der Waals surface area (Å²) in [4.78, 5) is 25.6. The number of nitrogens with two attached hydrogens (primary N) is 2. The first kappa shape index (κ1) is 27.6. The van der Waals surface area contributed by atoms with Crippen LogP contribution in [0.5, 0.6) is 0 Å². The van der Waals surface area contributed by atoms with Gasteiger partial charge in [0.05, 0.1) is 6.33 Å². The summed E-state index contributed by atoms with van der Waals surface area (Å²) in [5.41, 5.74) is 13.4. The molecule has 0 radical (unpaired) electrons. The predicted octanol–water partition coefficient (Wildman–Crippen LogP) is 0.907. The number of rotatable bonds is 9. The molecule has 38 heavy (non-hydrogen) atoms. The van der Waals surface area contributed by atoms with E-state index in [1.807, 2.05) is 41.3 Å². The van der Waals surface area contributed by atoms with Crippen molar-refractivity contribution in [1.29, 1.82) is 0 Å². The monoisotopic (exact) mass is 543 g/mol. The minimum atomic E-state index is -1.25. The van der Waals surface area contributed by atoms with Crippen molar-refractivity contribution in [3.8, 4) is 0 Å². The SMILES string of the molecule is Cl.Nc1ncnc2c1ncn2[C@@H]1O[C@H](CN(CC[C@H](N)C(=O)O)Cc2ccc3ccccc3c2)[C@@H](O)[C@H]1O. The summed E-state index contributed by atoms with van der Waals surface area (Å²) < 4.78 is 7.63. The first-order valence-corrected chi connectivity index (χ1v) is 11.9. The molecule has 5 atom stereocenters. The van der Waals surface area contributed by atoms with E-state index in [9.17, 15) is 20.1 Å². The maximum absolute atomic E-state index is 11.3. The second-order valence-electron chi connectivity index (χ2n) is 9.28. The Morgan fingerprint density at radius 3 is 2.63 bits per heavy atom. The van der Waals surface area contributed by atoms with Gasteiger partial charge in [-0.25, -0.2) is 15.0 Å². The van der Waals surface area contributed by atoms with Crippen molar-refractivity contribution in [2.24, 2.45) is 5.73 Å². The van der Waals surface area contributed by atoms with Gasteiger partial charge in [0, 0.05) is 19.6 Å². The predicted molar refractivity (Wildman–Crippen MR) is 142 cm³/mol. The van der Waals surface area contributed by atoms with E-state index in [1.165, 1.54) is 17.2 Å². The fourth-order valence-electron chi connectivity index (χ4n) is 4.70. The van der Waals surface area contributed by atoms with Gasteiger partial charge in [-0.1, -0.05) is 36.4 Å². The van der Waals surface area contributed by atoms with Crippen molar-refractivity contribution in [3.05, 3.63) is 60.7 Å². The number of nitrogen functional groups attached to an aromatic ring is 1. The van der Waals surface area contributed by atoms with Crippen LogP contribution in [0.15, 0.2) is 55.1 Å². The molecule has 0 spiro atoms. The van der Waals surface area contributed by atoms with Crippen molar-refractivity contribution in [2.75, 3.05) is 18.8 Å². The van der Waals surface area contributed by atoms with Gasteiger partial charge < -0.3 is 31.5 Å². The number of ether oxygens (including phenoxy) is 1. The molecule has 0 bridgehead atoms. The molecule has 5 rings (SSSR count). The summed E-state index contributed by atoms with van der Waals surface area (Å²) in [6.07, 6.45) is -1.21. The minimum Gasteiger partial charge on any atom is -0.480 e. The summed E-state index contributed by atoms with van der Waals surface area (Å²) >= 11 is 0. The number of carboxylic acid groups (broad SMARTS) is 1. The molecule has 1 aliphatic heterocycles. The van der Waals surface area contributed by atoms with Crippen LogP contribution >= 0.6 is 12.4 Å². The third kappa shape index (κ3) is 5.55. The average molecular weight is 544 g/mol. The van der Waals surface area contributed by atoms with Crippen molar-refractivity contribution in [2.45, 2.75) is 43.5 Å². The van der Waals surface area contributed by atoms with Crippen molar-refractivity contribution >= 4 is 46.1 Å². The number of hydrogen-bond donors (Lipinski definition) is 5. The quantitative estimate of drug-likeness (QED) is 0.202. The number of carboxylic acids is 1. The zero-order chi connectivity index (χ0) is 26.1. The molecule has 1 fully saturated rings. The molecule has 7 N–H and O–H groups in total. The molecular formula is C25H30ClN7O5. The van der Waals surface area contributed by atoms with E-state index in [0.29, 0.717) is 24.3 Å². The molecule has 2 aromatic heterocycles. The summed E-state index contributed by atoms with van der Waals surface area (Å²) in [6, 6.07) is 13.1. The number of hydrogen-bond acceptors (Lipinski definition) is 10. The van der Waals surface area contributed by atoms with Crippen LogP contribution in [0.2, 0.25) is 0 Å². The number of aromatic nitrogens is 4.